The zero-order valence-electron chi connectivity index (χ0n) is 14.6. The standard InChI is InChI=1S/C18H28N2O2S/c1-5-18(13-21)7-10-20(11-8-18)16(22)14-6-9-19-15(12-14)23-17(2,3)4/h6,9,12,21H,5,7-8,10-11,13H2,1-4H3. The largest absolute Gasteiger partial charge is 0.396 e. The average Bonchev–Trinajstić information content (AvgIpc) is 2.53. The Morgan fingerprint density at radius 3 is 2.57 bits per heavy atom. The number of carbonyl (C=O) groups is 1. The molecule has 1 aromatic rings. The molecule has 0 spiro atoms. The summed E-state index contributed by atoms with van der Waals surface area (Å²) in [6.07, 6.45) is 4.43. The van der Waals surface area contributed by atoms with Crippen LogP contribution in [0.5, 0.6) is 0 Å². The molecule has 4 nitrogen and oxygen atoms in total. The molecule has 0 saturated carbocycles. The summed E-state index contributed by atoms with van der Waals surface area (Å²) in [5.74, 6) is 0.0748. The van der Waals surface area contributed by atoms with Crippen molar-refractivity contribution in [3.63, 3.8) is 0 Å². The average molecular weight is 337 g/mol. The molecule has 0 bridgehead atoms. The number of nitrogens with zero attached hydrogens (tertiary/aromatic N) is 2. The van der Waals surface area contributed by atoms with Gasteiger partial charge in [0.25, 0.3) is 5.91 Å². The lowest BCUT2D eigenvalue weighted by Crippen LogP contribution is -2.44. The minimum absolute atomic E-state index is 0.00225. The summed E-state index contributed by atoms with van der Waals surface area (Å²) < 4.78 is 0.0711. The molecule has 128 valence electrons. The Bertz CT molecular complexity index is 540. The Morgan fingerprint density at radius 1 is 1.39 bits per heavy atom. The van der Waals surface area contributed by atoms with E-state index in [0.717, 1.165) is 37.4 Å². The predicted molar refractivity (Wildman–Crippen MR) is 94.8 cm³/mol. The number of pyridine rings is 1. The van der Waals surface area contributed by atoms with Gasteiger partial charge in [0.1, 0.15) is 0 Å². The number of carbonyl (C=O) groups excluding carboxylic acids is 1. The first-order chi connectivity index (χ1) is 10.8. The van der Waals surface area contributed by atoms with Gasteiger partial charge in [0.2, 0.25) is 0 Å². The van der Waals surface area contributed by atoms with Crippen molar-refractivity contribution in [1.82, 2.24) is 9.88 Å². The highest BCUT2D eigenvalue weighted by Gasteiger charge is 2.34. The maximum Gasteiger partial charge on any atom is 0.254 e. The molecule has 1 amide bonds. The van der Waals surface area contributed by atoms with Gasteiger partial charge in [0, 0.05) is 36.2 Å². The minimum atomic E-state index is 0.00225. The number of amides is 1. The molecule has 0 atom stereocenters. The van der Waals surface area contributed by atoms with E-state index < -0.39 is 0 Å². The van der Waals surface area contributed by atoms with E-state index in [1.54, 1.807) is 24.0 Å². The Balaban J connectivity index is 2.06. The van der Waals surface area contributed by atoms with E-state index in [9.17, 15) is 9.90 Å². The lowest BCUT2D eigenvalue weighted by molar-refractivity contribution is 0.0338. The van der Waals surface area contributed by atoms with Gasteiger partial charge in [-0.25, -0.2) is 4.98 Å². The summed E-state index contributed by atoms with van der Waals surface area (Å²) >= 11 is 1.67. The summed E-state index contributed by atoms with van der Waals surface area (Å²) in [5.41, 5.74) is 0.710. The number of likely N-dealkylation sites (tertiary alicyclic amines) is 1. The number of thioether (sulfide) groups is 1. The van der Waals surface area contributed by atoms with Crippen molar-refractivity contribution in [3.8, 4) is 0 Å². The fourth-order valence-electron chi connectivity index (χ4n) is 2.90. The third kappa shape index (κ3) is 4.70. The van der Waals surface area contributed by atoms with E-state index in [2.05, 4.69) is 32.7 Å². The molecule has 2 heterocycles. The lowest BCUT2D eigenvalue weighted by atomic mass is 9.77. The predicted octanol–water partition coefficient (Wildman–Crippen LogP) is 3.60. The van der Waals surface area contributed by atoms with Crippen molar-refractivity contribution < 1.29 is 9.90 Å². The number of rotatable bonds is 4. The Hall–Kier alpha value is -1.07. The first-order valence-corrected chi connectivity index (χ1v) is 9.15. The van der Waals surface area contributed by atoms with E-state index in [-0.39, 0.29) is 22.7 Å². The summed E-state index contributed by atoms with van der Waals surface area (Å²) in [5, 5.41) is 10.5. The molecular formula is C18H28N2O2S. The van der Waals surface area contributed by atoms with E-state index in [4.69, 9.17) is 0 Å². The monoisotopic (exact) mass is 336 g/mol. The number of hydrogen-bond donors (Lipinski definition) is 1. The molecule has 1 aromatic heterocycles. The zero-order valence-corrected chi connectivity index (χ0v) is 15.4. The van der Waals surface area contributed by atoms with Crippen LogP contribution in [0.1, 0.15) is 57.3 Å². The van der Waals surface area contributed by atoms with E-state index in [1.165, 1.54) is 0 Å². The molecule has 1 N–H and O–H groups in total. The smallest absolute Gasteiger partial charge is 0.254 e. The van der Waals surface area contributed by atoms with Gasteiger partial charge in [-0.2, -0.15) is 0 Å². The van der Waals surface area contributed by atoms with Gasteiger partial charge < -0.3 is 10.0 Å². The fraction of sp³-hybridized carbons (Fsp3) is 0.667. The number of aliphatic hydroxyl groups excluding tert-OH is 1. The van der Waals surface area contributed by atoms with Crippen molar-refractivity contribution in [2.45, 2.75) is 56.7 Å². The summed E-state index contributed by atoms with van der Waals surface area (Å²) in [7, 11) is 0. The first kappa shape index (κ1) is 18.3. The second kappa shape index (κ2) is 7.22. The van der Waals surface area contributed by atoms with Crippen molar-refractivity contribution >= 4 is 17.7 Å². The van der Waals surface area contributed by atoms with Crippen LogP contribution in [0.3, 0.4) is 0 Å². The van der Waals surface area contributed by atoms with E-state index in [1.807, 2.05) is 11.0 Å². The second-order valence-corrected chi connectivity index (χ2v) is 9.25. The Labute approximate surface area is 143 Å². The number of hydrogen-bond acceptors (Lipinski definition) is 4. The fourth-order valence-corrected chi connectivity index (χ4v) is 3.83. The van der Waals surface area contributed by atoms with Crippen LogP contribution in [-0.2, 0) is 0 Å². The molecule has 0 radical (unpaired) electrons. The van der Waals surface area contributed by atoms with Gasteiger partial charge >= 0.3 is 0 Å². The molecule has 0 unspecified atom stereocenters. The van der Waals surface area contributed by atoms with Gasteiger partial charge in [0.15, 0.2) is 0 Å². The maximum atomic E-state index is 12.7. The molecule has 0 aromatic carbocycles. The van der Waals surface area contributed by atoms with Crippen LogP contribution in [0, 0.1) is 5.41 Å². The van der Waals surface area contributed by atoms with Crippen LogP contribution in [0.25, 0.3) is 0 Å². The minimum Gasteiger partial charge on any atom is -0.396 e. The number of piperidine rings is 1. The molecule has 2 rings (SSSR count). The molecule has 0 aliphatic carbocycles. The van der Waals surface area contributed by atoms with Crippen LogP contribution < -0.4 is 0 Å². The molecule has 1 aliphatic heterocycles. The SMILES string of the molecule is CCC1(CO)CCN(C(=O)c2ccnc(SC(C)(C)C)c2)CC1. The van der Waals surface area contributed by atoms with Crippen molar-refractivity contribution in [2.75, 3.05) is 19.7 Å². The van der Waals surface area contributed by atoms with Crippen LogP contribution in [-0.4, -0.2) is 45.3 Å². The maximum absolute atomic E-state index is 12.7. The Kier molecular flexibility index (Phi) is 5.74. The normalized spacial score (nSPS) is 18.0. The van der Waals surface area contributed by atoms with Crippen molar-refractivity contribution in [3.05, 3.63) is 23.9 Å². The lowest BCUT2D eigenvalue weighted by Gasteiger charge is -2.40. The first-order valence-electron chi connectivity index (χ1n) is 8.34. The highest BCUT2D eigenvalue weighted by atomic mass is 32.2. The highest BCUT2D eigenvalue weighted by molar-refractivity contribution is 8.00. The van der Waals surface area contributed by atoms with Gasteiger partial charge in [-0.3, -0.25) is 4.79 Å². The number of aliphatic hydroxyl groups is 1. The number of aromatic nitrogens is 1. The van der Waals surface area contributed by atoms with Gasteiger partial charge in [-0.1, -0.05) is 27.7 Å². The van der Waals surface area contributed by atoms with Crippen LogP contribution >= 0.6 is 11.8 Å². The molecule has 1 fully saturated rings. The van der Waals surface area contributed by atoms with Crippen LogP contribution in [0.4, 0.5) is 0 Å². The van der Waals surface area contributed by atoms with Gasteiger partial charge in [0.05, 0.1) is 5.03 Å². The summed E-state index contributed by atoms with van der Waals surface area (Å²) in [6, 6.07) is 3.69. The van der Waals surface area contributed by atoms with Gasteiger partial charge in [-0.15, -0.1) is 11.8 Å². The van der Waals surface area contributed by atoms with Crippen molar-refractivity contribution in [1.29, 1.82) is 0 Å². The van der Waals surface area contributed by atoms with Crippen LogP contribution in [0.15, 0.2) is 23.4 Å². The van der Waals surface area contributed by atoms with Crippen LogP contribution in [0.2, 0.25) is 0 Å². The molecular weight excluding hydrogens is 308 g/mol. The summed E-state index contributed by atoms with van der Waals surface area (Å²) in [4.78, 5) is 19.0. The molecule has 1 aliphatic rings. The highest BCUT2D eigenvalue weighted by Crippen LogP contribution is 2.35. The quantitative estimate of drug-likeness (QED) is 0.854. The molecule has 23 heavy (non-hydrogen) atoms. The van der Waals surface area contributed by atoms with E-state index >= 15 is 0 Å². The second-order valence-electron chi connectivity index (χ2n) is 7.40. The summed E-state index contributed by atoms with van der Waals surface area (Å²) in [6.45, 7) is 10.2. The molecule has 5 heteroatoms. The van der Waals surface area contributed by atoms with Gasteiger partial charge in [-0.05, 0) is 36.8 Å². The third-order valence-electron chi connectivity index (χ3n) is 4.59. The van der Waals surface area contributed by atoms with E-state index in [0.29, 0.717) is 5.56 Å². The van der Waals surface area contributed by atoms with Crippen molar-refractivity contribution in [2.24, 2.45) is 5.41 Å². The molecule has 1 saturated heterocycles. The zero-order chi connectivity index (χ0) is 17.1. The topological polar surface area (TPSA) is 53.4 Å². The third-order valence-corrected chi connectivity index (χ3v) is 5.63. The Morgan fingerprint density at radius 2 is 2.04 bits per heavy atom.